The van der Waals surface area contributed by atoms with Gasteiger partial charge in [0.1, 0.15) is 18.2 Å². The molecule has 4 atom stereocenters. The highest BCUT2D eigenvalue weighted by molar-refractivity contribution is 5.78. The van der Waals surface area contributed by atoms with E-state index >= 15 is 0 Å². The SMILES string of the molecule is CC(=O)OC1CCN2C(=O)CCC(OC(C)=O)C2C1OC(C)=O. The number of carbonyl (C=O) groups excluding carboxylic acids is 4. The van der Waals surface area contributed by atoms with Crippen LogP contribution in [0.2, 0.25) is 0 Å². The van der Waals surface area contributed by atoms with Gasteiger partial charge < -0.3 is 19.1 Å². The van der Waals surface area contributed by atoms with Crippen LogP contribution >= 0.6 is 0 Å². The quantitative estimate of drug-likeness (QED) is 0.538. The van der Waals surface area contributed by atoms with Gasteiger partial charge in [-0.15, -0.1) is 0 Å². The smallest absolute Gasteiger partial charge is 0.303 e. The molecule has 0 aromatic carbocycles. The number of amides is 1. The maximum atomic E-state index is 12.2. The molecule has 8 nitrogen and oxygen atoms in total. The summed E-state index contributed by atoms with van der Waals surface area (Å²) >= 11 is 0. The third-order valence-corrected chi connectivity index (χ3v) is 4.00. The number of rotatable bonds is 3. The predicted octanol–water partition coefficient (Wildman–Crippen LogP) is 0.176. The van der Waals surface area contributed by atoms with Gasteiger partial charge in [0, 0.05) is 40.2 Å². The number of esters is 3. The standard InChI is InChI=1S/C15H21NO7/c1-8(17)21-11-4-5-13(20)16-7-6-12(22-9(2)18)15(14(11)16)23-10(3)19/h11-12,14-15H,4-7H2,1-3H3. The van der Waals surface area contributed by atoms with Crippen molar-refractivity contribution in [3.8, 4) is 0 Å². The van der Waals surface area contributed by atoms with E-state index in [9.17, 15) is 19.2 Å². The summed E-state index contributed by atoms with van der Waals surface area (Å²) in [6.07, 6.45) is -1.12. The largest absolute Gasteiger partial charge is 0.460 e. The van der Waals surface area contributed by atoms with Gasteiger partial charge >= 0.3 is 17.9 Å². The first-order chi connectivity index (χ1) is 10.8. The molecule has 0 aromatic heterocycles. The number of hydrogen-bond donors (Lipinski definition) is 0. The highest BCUT2D eigenvalue weighted by Crippen LogP contribution is 2.33. The average molecular weight is 327 g/mol. The van der Waals surface area contributed by atoms with Gasteiger partial charge in [0.2, 0.25) is 5.91 Å². The van der Waals surface area contributed by atoms with Crippen LogP contribution in [0.25, 0.3) is 0 Å². The van der Waals surface area contributed by atoms with Crippen LogP contribution < -0.4 is 0 Å². The lowest BCUT2D eigenvalue weighted by Crippen LogP contribution is -2.65. The monoisotopic (exact) mass is 327 g/mol. The maximum absolute atomic E-state index is 12.2. The van der Waals surface area contributed by atoms with Crippen molar-refractivity contribution in [2.45, 2.75) is 64.4 Å². The second-order valence-electron chi connectivity index (χ2n) is 5.77. The Balaban J connectivity index is 2.30. The molecule has 0 radical (unpaired) electrons. The number of nitrogens with zero attached hydrogens (tertiary/aromatic N) is 1. The Morgan fingerprint density at radius 1 is 0.913 bits per heavy atom. The first-order valence-electron chi connectivity index (χ1n) is 7.60. The van der Waals surface area contributed by atoms with Crippen LogP contribution in [0.1, 0.15) is 40.0 Å². The lowest BCUT2D eigenvalue weighted by molar-refractivity contribution is -0.197. The second-order valence-corrected chi connectivity index (χ2v) is 5.77. The van der Waals surface area contributed by atoms with Gasteiger partial charge in [0.15, 0.2) is 6.10 Å². The fraction of sp³-hybridized carbons (Fsp3) is 0.733. The molecular formula is C15H21NO7. The Bertz CT molecular complexity index is 518. The zero-order valence-electron chi connectivity index (χ0n) is 13.4. The van der Waals surface area contributed by atoms with Crippen LogP contribution in [-0.4, -0.2) is 59.6 Å². The molecule has 8 heteroatoms. The minimum Gasteiger partial charge on any atom is -0.460 e. The van der Waals surface area contributed by atoms with Crippen molar-refractivity contribution < 1.29 is 33.4 Å². The molecule has 0 bridgehead atoms. The predicted molar refractivity (Wildman–Crippen MR) is 76.0 cm³/mol. The second kappa shape index (κ2) is 6.97. The highest BCUT2D eigenvalue weighted by Gasteiger charge is 2.50. The van der Waals surface area contributed by atoms with Crippen LogP contribution in [0.4, 0.5) is 0 Å². The lowest BCUT2D eigenvalue weighted by Gasteiger charge is -2.48. The third kappa shape index (κ3) is 4.00. The molecule has 0 spiro atoms. The Labute approximate surface area is 134 Å². The van der Waals surface area contributed by atoms with Crippen molar-refractivity contribution in [1.29, 1.82) is 0 Å². The van der Waals surface area contributed by atoms with Gasteiger partial charge in [-0.1, -0.05) is 0 Å². The van der Waals surface area contributed by atoms with E-state index in [1.807, 2.05) is 0 Å². The fourth-order valence-electron chi connectivity index (χ4n) is 3.28. The van der Waals surface area contributed by atoms with Crippen molar-refractivity contribution in [2.24, 2.45) is 0 Å². The number of carbonyl (C=O) groups is 4. The van der Waals surface area contributed by atoms with Crippen LogP contribution in [-0.2, 0) is 33.4 Å². The van der Waals surface area contributed by atoms with Gasteiger partial charge in [-0.2, -0.15) is 0 Å². The third-order valence-electron chi connectivity index (χ3n) is 4.00. The normalized spacial score (nSPS) is 30.2. The summed E-state index contributed by atoms with van der Waals surface area (Å²) in [6, 6.07) is -0.637. The lowest BCUT2D eigenvalue weighted by atomic mass is 9.86. The Morgan fingerprint density at radius 2 is 1.48 bits per heavy atom. The van der Waals surface area contributed by atoms with Crippen molar-refractivity contribution in [3.05, 3.63) is 0 Å². The Morgan fingerprint density at radius 3 is 2.04 bits per heavy atom. The van der Waals surface area contributed by atoms with Crippen molar-refractivity contribution in [2.75, 3.05) is 6.54 Å². The summed E-state index contributed by atoms with van der Waals surface area (Å²) in [4.78, 5) is 47.8. The zero-order chi connectivity index (χ0) is 17.1. The van der Waals surface area contributed by atoms with Gasteiger partial charge in [0.25, 0.3) is 0 Å². The summed E-state index contributed by atoms with van der Waals surface area (Å²) in [5.74, 6) is -1.60. The molecule has 2 saturated heterocycles. The Hall–Kier alpha value is -2.12. The molecule has 0 aromatic rings. The van der Waals surface area contributed by atoms with E-state index in [0.29, 0.717) is 19.4 Å². The molecule has 2 fully saturated rings. The van der Waals surface area contributed by atoms with Crippen LogP contribution in [0.5, 0.6) is 0 Å². The van der Waals surface area contributed by atoms with Crippen molar-refractivity contribution >= 4 is 23.8 Å². The molecule has 0 aliphatic carbocycles. The molecule has 4 unspecified atom stereocenters. The van der Waals surface area contributed by atoms with Crippen molar-refractivity contribution in [3.63, 3.8) is 0 Å². The maximum Gasteiger partial charge on any atom is 0.303 e. The molecule has 2 rings (SSSR count). The Kier molecular flexibility index (Phi) is 5.23. The molecule has 0 saturated carbocycles. The molecular weight excluding hydrogens is 306 g/mol. The average Bonchev–Trinajstić information content (AvgIpc) is 2.42. The molecule has 128 valence electrons. The van der Waals surface area contributed by atoms with Crippen LogP contribution in [0, 0.1) is 0 Å². The van der Waals surface area contributed by atoms with Gasteiger partial charge in [-0.3, -0.25) is 19.2 Å². The summed E-state index contributed by atoms with van der Waals surface area (Å²) in [5.41, 5.74) is 0. The number of fused-ring (bicyclic) bond motifs is 1. The van der Waals surface area contributed by atoms with Gasteiger partial charge in [-0.05, 0) is 6.42 Å². The topological polar surface area (TPSA) is 99.2 Å². The minimum absolute atomic E-state index is 0.0863. The van der Waals surface area contributed by atoms with E-state index < -0.39 is 42.3 Å². The molecule has 23 heavy (non-hydrogen) atoms. The van der Waals surface area contributed by atoms with Crippen LogP contribution in [0.15, 0.2) is 0 Å². The number of piperidine rings is 2. The minimum atomic E-state index is -0.848. The highest BCUT2D eigenvalue weighted by atomic mass is 16.6. The van der Waals surface area contributed by atoms with Crippen LogP contribution in [0.3, 0.4) is 0 Å². The summed E-state index contributed by atoms with van der Waals surface area (Å²) in [7, 11) is 0. The molecule has 2 aliphatic heterocycles. The number of hydrogen-bond acceptors (Lipinski definition) is 7. The van der Waals surface area contributed by atoms with E-state index in [4.69, 9.17) is 14.2 Å². The van der Waals surface area contributed by atoms with Gasteiger partial charge in [0.05, 0.1) is 0 Å². The molecule has 0 N–H and O–H groups in total. The molecule has 2 heterocycles. The van der Waals surface area contributed by atoms with E-state index in [0.717, 1.165) is 0 Å². The van der Waals surface area contributed by atoms with Crippen molar-refractivity contribution in [1.82, 2.24) is 4.90 Å². The molecule has 1 amide bonds. The van der Waals surface area contributed by atoms with E-state index in [1.54, 1.807) is 4.90 Å². The number of ether oxygens (including phenoxy) is 3. The molecule has 2 aliphatic rings. The first kappa shape index (κ1) is 17.2. The van der Waals surface area contributed by atoms with E-state index in [2.05, 4.69) is 0 Å². The van der Waals surface area contributed by atoms with Gasteiger partial charge in [-0.25, -0.2) is 0 Å². The fourth-order valence-corrected chi connectivity index (χ4v) is 3.28. The van der Waals surface area contributed by atoms with E-state index in [1.165, 1.54) is 20.8 Å². The van der Waals surface area contributed by atoms with E-state index in [-0.39, 0.29) is 12.3 Å². The summed E-state index contributed by atoms with van der Waals surface area (Å²) < 4.78 is 15.9. The summed E-state index contributed by atoms with van der Waals surface area (Å²) in [6.45, 7) is 4.16. The zero-order valence-corrected chi connectivity index (χ0v) is 13.4. The summed E-state index contributed by atoms with van der Waals surface area (Å²) in [5, 5.41) is 0. The first-order valence-corrected chi connectivity index (χ1v) is 7.60.